The van der Waals surface area contributed by atoms with Crippen LogP contribution in [0.3, 0.4) is 0 Å². The minimum Gasteiger partial charge on any atom is -0.450 e. The number of furan rings is 1. The average Bonchev–Trinajstić information content (AvgIpc) is 2.72. The molecule has 0 bridgehead atoms. The van der Waals surface area contributed by atoms with E-state index in [1.807, 2.05) is 0 Å². The maximum Gasteiger partial charge on any atom is 0.183 e. The molecule has 0 spiro atoms. The van der Waals surface area contributed by atoms with Crippen LogP contribution in [0.25, 0.3) is 0 Å². The second-order valence-corrected chi connectivity index (χ2v) is 5.16. The summed E-state index contributed by atoms with van der Waals surface area (Å²) in [6, 6.07) is 1.68. The molecule has 86 valence electrons. The van der Waals surface area contributed by atoms with Crippen molar-refractivity contribution in [2.24, 2.45) is 7.05 Å². The van der Waals surface area contributed by atoms with Crippen LogP contribution in [0, 0.1) is 0 Å². The molecular weight excluding hydrogens is 363 g/mol. The first kappa shape index (κ1) is 12.2. The van der Waals surface area contributed by atoms with Crippen LogP contribution in [0.2, 0.25) is 5.02 Å². The fourth-order valence-corrected chi connectivity index (χ4v) is 2.24. The van der Waals surface area contributed by atoms with E-state index in [2.05, 4.69) is 37.0 Å². The van der Waals surface area contributed by atoms with E-state index >= 15 is 0 Å². The van der Waals surface area contributed by atoms with Crippen LogP contribution in [0.1, 0.15) is 17.6 Å². The summed E-state index contributed by atoms with van der Waals surface area (Å²) < 4.78 is 8.10. The van der Waals surface area contributed by atoms with Crippen LogP contribution in [0.4, 0.5) is 0 Å². The van der Waals surface area contributed by atoms with Gasteiger partial charge in [-0.15, -0.1) is 0 Å². The van der Waals surface area contributed by atoms with Gasteiger partial charge in [0.15, 0.2) is 10.8 Å². The van der Waals surface area contributed by atoms with Crippen molar-refractivity contribution in [3.8, 4) is 0 Å². The molecule has 16 heavy (non-hydrogen) atoms. The highest BCUT2D eigenvalue weighted by Gasteiger charge is 2.22. The first-order valence-electron chi connectivity index (χ1n) is 4.31. The topological polar surface area (TPSA) is 51.2 Å². The molecule has 0 aliphatic heterocycles. The van der Waals surface area contributed by atoms with Gasteiger partial charge in [0.1, 0.15) is 5.76 Å². The molecular formula is C9H7Br2ClN2O2. The summed E-state index contributed by atoms with van der Waals surface area (Å²) in [6.45, 7) is 0. The molecule has 7 heteroatoms. The zero-order chi connectivity index (χ0) is 11.9. The number of nitrogens with zero attached hydrogens (tertiary/aromatic N) is 2. The van der Waals surface area contributed by atoms with Gasteiger partial charge >= 0.3 is 0 Å². The smallest absolute Gasteiger partial charge is 0.183 e. The lowest BCUT2D eigenvalue weighted by atomic mass is 10.2. The lowest BCUT2D eigenvalue weighted by Crippen LogP contribution is -2.06. The third-order valence-electron chi connectivity index (χ3n) is 2.13. The maximum absolute atomic E-state index is 10.1. The third kappa shape index (κ3) is 2.07. The van der Waals surface area contributed by atoms with E-state index < -0.39 is 6.10 Å². The van der Waals surface area contributed by atoms with Crippen molar-refractivity contribution in [3.05, 3.63) is 37.9 Å². The van der Waals surface area contributed by atoms with Crippen molar-refractivity contribution in [1.82, 2.24) is 9.78 Å². The van der Waals surface area contributed by atoms with E-state index in [1.54, 1.807) is 13.1 Å². The van der Waals surface area contributed by atoms with Gasteiger partial charge < -0.3 is 9.52 Å². The van der Waals surface area contributed by atoms with E-state index in [0.29, 0.717) is 21.1 Å². The fourth-order valence-electron chi connectivity index (χ4n) is 1.36. The Bertz CT molecular complexity index is 485. The number of aliphatic hydroxyl groups excluding tert-OH is 1. The van der Waals surface area contributed by atoms with Gasteiger partial charge in [-0.25, -0.2) is 0 Å². The molecule has 2 aromatic rings. The largest absolute Gasteiger partial charge is 0.450 e. The molecule has 2 aromatic heterocycles. The fraction of sp³-hybridized carbons (Fsp3) is 0.222. The number of aliphatic hydroxyl groups is 1. The molecule has 0 saturated carbocycles. The first-order chi connectivity index (χ1) is 7.50. The van der Waals surface area contributed by atoms with Crippen molar-refractivity contribution in [1.29, 1.82) is 0 Å². The number of hydrogen-bond acceptors (Lipinski definition) is 3. The minimum absolute atomic E-state index is 0.393. The first-order valence-corrected chi connectivity index (χ1v) is 6.27. The monoisotopic (exact) mass is 368 g/mol. The predicted molar refractivity (Wildman–Crippen MR) is 66.4 cm³/mol. The molecule has 1 atom stereocenters. The van der Waals surface area contributed by atoms with Gasteiger partial charge in [0.2, 0.25) is 0 Å². The van der Waals surface area contributed by atoms with Crippen molar-refractivity contribution < 1.29 is 9.52 Å². The summed E-state index contributed by atoms with van der Waals surface area (Å²) in [4.78, 5) is 0. The Hall–Kier alpha value is -0.300. The number of halogens is 3. The van der Waals surface area contributed by atoms with Gasteiger partial charge in [-0.1, -0.05) is 11.6 Å². The summed E-state index contributed by atoms with van der Waals surface area (Å²) in [5.74, 6) is 0.393. The Morgan fingerprint density at radius 2 is 2.25 bits per heavy atom. The Labute approximate surface area is 113 Å². The standard InChI is InChI=1S/C9H7Br2ClN2O2/c1-14-7(5(12)3-13-14)8(15)6-2-4(10)9(11)16-6/h2-3,8,15H,1H3. The van der Waals surface area contributed by atoms with Gasteiger partial charge in [-0.2, -0.15) is 5.10 Å². The Balaban J connectivity index is 2.42. The zero-order valence-corrected chi connectivity index (χ0v) is 12.0. The molecule has 0 amide bonds. The SMILES string of the molecule is Cn1ncc(Cl)c1C(O)c1cc(Br)c(Br)o1. The normalized spacial score (nSPS) is 13.1. The molecule has 0 fully saturated rings. The highest BCUT2D eigenvalue weighted by atomic mass is 79.9. The number of aryl methyl sites for hydroxylation is 1. The van der Waals surface area contributed by atoms with Crippen molar-refractivity contribution in [3.63, 3.8) is 0 Å². The third-order valence-corrected chi connectivity index (χ3v) is 4.13. The number of rotatable bonds is 2. The second kappa shape index (κ2) is 4.52. The summed E-state index contributed by atoms with van der Waals surface area (Å²) in [5, 5.41) is 14.5. The van der Waals surface area contributed by atoms with Crippen LogP contribution < -0.4 is 0 Å². The Kier molecular flexibility index (Phi) is 3.44. The lowest BCUT2D eigenvalue weighted by Gasteiger charge is -2.08. The lowest BCUT2D eigenvalue weighted by molar-refractivity contribution is 0.178. The summed E-state index contributed by atoms with van der Waals surface area (Å²) >= 11 is 12.4. The van der Waals surface area contributed by atoms with E-state index in [1.165, 1.54) is 10.9 Å². The van der Waals surface area contributed by atoms with Gasteiger partial charge in [-0.05, 0) is 37.9 Å². The van der Waals surface area contributed by atoms with Crippen LogP contribution in [-0.2, 0) is 7.05 Å². The van der Waals surface area contributed by atoms with E-state index in [-0.39, 0.29) is 0 Å². The van der Waals surface area contributed by atoms with Gasteiger partial charge in [0.05, 0.1) is 21.4 Å². The van der Waals surface area contributed by atoms with Crippen molar-refractivity contribution in [2.75, 3.05) is 0 Å². The highest BCUT2D eigenvalue weighted by Crippen LogP contribution is 2.34. The molecule has 2 rings (SSSR count). The Morgan fingerprint density at radius 3 is 2.69 bits per heavy atom. The average molecular weight is 370 g/mol. The number of hydrogen-bond donors (Lipinski definition) is 1. The van der Waals surface area contributed by atoms with Crippen molar-refractivity contribution >= 4 is 43.5 Å². The van der Waals surface area contributed by atoms with E-state index in [0.717, 1.165) is 4.47 Å². The van der Waals surface area contributed by atoms with Gasteiger partial charge in [0, 0.05) is 7.05 Å². The highest BCUT2D eigenvalue weighted by molar-refractivity contribution is 9.13. The molecule has 0 aromatic carbocycles. The predicted octanol–water partition coefficient (Wildman–Crippen LogP) is 3.27. The van der Waals surface area contributed by atoms with E-state index in [4.69, 9.17) is 16.0 Å². The molecule has 0 aliphatic carbocycles. The minimum atomic E-state index is -0.942. The molecule has 2 heterocycles. The molecule has 0 radical (unpaired) electrons. The van der Waals surface area contributed by atoms with E-state index in [9.17, 15) is 5.11 Å². The van der Waals surface area contributed by atoms with Crippen LogP contribution >= 0.6 is 43.5 Å². The molecule has 0 saturated heterocycles. The molecule has 0 aliphatic rings. The Morgan fingerprint density at radius 1 is 1.56 bits per heavy atom. The van der Waals surface area contributed by atoms with Crippen LogP contribution in [0.15, 0.2) is 25.8 Å². The summed E-state index contributed by atoms with van der Waals surface area (Å²) in [6.07, 6.45) is 0.537. The van der Waals surface area contributed by atoms with Crippen LogP contribution in [-0.4, -0.2) is 14.9 Å². The maximum atomic E-state index is 10.1. The second-order valence-electron chi connectivity index (χ2n) is 3.17. The number of aromatic nitrogens is 2. The van der Waals surface area contributed by atoms with Gasteiger partial charge in [-0.3, -0.25) is 4.68 Å². The molecule has 1 N–H and O–H groups in total. The van der Waals surface area contributed by atoms with Crippen LogP contribution in [0.5, 0.6) is 0 Å². The molecule has 4 nitrogen and oxygen atoms in total. The quantitative estimate of drug-likeness (QED) is 0.883. The summed E-state index contributed by atoms with van der Waals surface area (Å²) in [7, 11) is 1.71. The molecule has 1 unspecified atom stereocenters. The zero-order valence-electron chi connectivity index (χ0n) is 8.12. The van der Waals surface area contributed by atoms with Crippen molar-refractivity contribution in [2.45, 2.75) is 6.10 Å². The summed E-state index contributed by atoms with van der Waals surface area (Å²) in [5.41, 5.74) is 0.496. The van der Waals surface area contributed by atoms with Gasteiger partial charge in [0.25, 0.3) is 0 Å².